The first-order valence-electron chi connectivity index (χ1n) is 22.3. The molecule has 3 saturated carbocycles. The normalized spacial score (nSPS) is 27.1. The lowest BCUT2D eigenvalue weighted by atomic mass is 9.85. The molecule has 2 aliphatic heterocycles. The van der Waals surface area contributed by atoms with Crippen LogP contribution in [-0.4, -0.2) is 131 Å². The van der Waals surface area contributed by atoms with E-state index in [2.05, 4.69) is 20.9 Å². The zero-order valence-corrected chi connectivity index (χ0v) is 38.5. The van der Waals surface area contributed by atoms with E-state index in [0.717, 1.165) is 31.1 Å². The van der Waals surface area contributed by atoms with Crippen molar-refractivity contribution in [2.24, 2.45) is 23.2 Å². The number of carbonyl (C=O) groups is 4. The van der Waals surface area contributed by atoms with E-state index in [0.29, 0.717) is 89.9 Å². The Morgan fingerprint density at radius 1 is 1.03 bits per heavy atom. The van der Waals surface area contributed by atoms with Crippen molar-refractivity contribution in [2.75, 3.05) is 51.3 Å². The predicted molar refractivity (Wildman–Crippen MR) is 238 cm³/mol. The number of carboxylic acid groups (broad SMARTS) is 1. The van der Waals surface area contributed by atoms with Crippen LogP contribution in [-0.2, 0) is 23.9 Å². The van der Waals surface area contributed by atoms with E-state index in [9.17, 15) is 24.3 Å². The van der Waals surface area contributed by atoms with Crippen molar-refractivity contribution >= 4 is 62.8 Å². The molecular formula is C45H60ClN7O9S. The zero-order valence-electron chi connectivity index (χ0n) is 36.9. The number of carbonyl (C=O) groups excluding carboxylic acids is 3. The summed E-state index contributed by atoms with van der Waals surface area (Å²) in [6.07, 6.45) is 2.11. The summed E-state index contributed by atoms with van der Waals surface area (Å²) < 4.78 is 24.3. The first-order valence-corrected chi connectivity index (χ1v) is 23.6. The average molecular weight is 911 g/mol. The highest BCUT2D eigenvalue weighted by molar-refractivity contribution is 7.14. The summed E-state index contributed by atoms with van der Waals surface area (Å²) >= 11 is 8.55. The summed E-state index contributed by atoms with van der Waals surface area (Å²) in [4.78, 5) is 68.5. The van der Waals surface area contributed by atoms with E-state index < -0.39 is 53.0 Å². The molecule has 4 N–H and O–H groups in total. The number of hydrogen-bond donors (Lipinski definition) is 4. The maximum Gasteiger partial charge on any atom is 0.408 e. The molecule has 63 heavy (non-hydrogen) atoms. The Kier molecular flexibility index (Phi) is 13.0. The number of likely N-dealkylation sites (tertiary alicyclic amines) is 1. The number of pyridine rings is 1. The lowest BCUT2D eigenvalue weighted by Gasteiger charge is -2.35. The summed E-state index contributed by atoms with van der Waals surface area (Å²) in [7, 11) is 0. The number of morpholine rings is 1. The molecule has 3 amide bonds. The number of anilines is 1. The van der Waals surface area contributed by atoms with Crippen LogP contribution < -0.4 is 25.4 Å². The zero-order chi connectivity index (χ0) is 44.8. The summed E-state index contributed by atoms with van der Waals surface area (Å²) in [5.74, 6) is -0.376. The van der Waals surface area contributed by atoms with Gasteiger partial charge in [-0.2, -0.15) is 0 Å². The van der Waals surface area contributed by atoms with Gasteiger partial charge in [0.15, 0.2) is 5.13 Å². The molecule has 342 valence electrons. The SMILES string of the molecule is CC[C@@H]1C[C@]1(NC(=O)[C@@H]1C[C@@H](Oc2cc(-c3csc(NC(C)C)n3)nc3c(Cl)c(OCCN4CCOCC4)ccc23)CN1C(=O)[C@@H](NC(=O)OC1C[C@@H]2C[C@@H]2C1)C(C)(C)C)C(=O)O. The second-order valence-corrected chi connectivity index (χ2v) is 20.4. The highest BCUT2D eigenvalue weighted by Crippen LogP contribution is 2.52. The van der Waals surface area contributed by atoms with Crippen molar-refractivity contribution in [2.45, 2.75) is 116 Å². The Bertz CT molecular complexity index is 2200. The minimum atomic E-state index is -1.42. The van der Waals surface area contributed by atoms with Crippen LogP contribution in [0.2, 0.25) is 5.02 Å². The number of nitrogens with zero attached hydrogens (tertiary/aromatic N) is 4. The third-order valence-corrected chi connectivity index (χ3v) is 14.2. The van der Waals surface area contributed by atoms with Gasteiger partial charge in [0.05, 0.1) is 31.0 Å². The maximum absolute atomic E-state index is 14.8. The van der Waals surface area contributed by atoms with E-state index in [1.165, 1.54) is 22.7 Å². The number of aromatic nitrogens is 2. The number of nitrogens with one attached hydrogen (secondary N) is 3. The monoisotopic (exact) mass is 909 g/mol. The number of thiazole rings is 1. The number of fused-ring (bicyclic) bond motifs is 2. The molecule has 2 aromatic heterocycles. The van der Waals surface area contributed by atoms with Crippen LogP contribution in [0.1, 0.15) is 80.1 Å². The number of carboxylic acids is 1. The molecule has 3 aromatic rings. The van der Waals surface area contributed by atoms with Crippen LogP contribution in [0.25, 0.3) is 22.3 Å². The molecule has 5 aliphatic rings. The van der Waals surface area contributed by atoms with E-state index in [4.69, 9.17) is 40.5 Å². The highest BCUT2D eigenvalue weighted by atomic mass is 35.5. The third kappa shape index (κ3) is 9.96. The highest BCUT2D eigenvalue weighted by Gasteiger charge is 2.61. The van der Waals surface area contributed by atoms with Gasteiger partial charge in [-0.05, 0) is 74.8 Å². The fourth-order valence-electron chi connectivity index (χ4n) is 9.38. The Hall–Kier alpha value is -4.45. The Morgan fingerprint density at radius 3 is 2.44 bits per heavy atom. The summed E-state index contributed by atoms with van der Waals surface area (Å²) in [6.45, 7) is 15.6. The second kappa shape index (κ2) is 18.2. The van der Waals surface area contributed by atoms with Crippen LogP contribution in [0.5, 0.6) is 11.5 Å². The van der Waals surface area contributed by atoms with Gasteiger partial charge in [0.2, 0.25) is 11.8 Å². The van der Waals surface area contributed by atoms with Crippen LogP contribution in [0.15, 0.2) is 23.6 Å². The van der Waals surface area contributed by atoms with Gasteiger partial charge in [0.1, 0.15) is 58.7 Å². The number of hydrogen-bond acceptors (Lipinski definition) is 13. The van der Waals surface area contributed by atoms with Crippen molar-refractivity contribution in [3.8, 4) is 22.9 Å². The number of ether oxygens (including phenoxy) is 4. The van der Waals surface area contributed by atoms with Gasteiger partial charge in [-0.3, -0.25) is 14.5 Å². The molecule has 18 heteroatoms. The Balaban J connectivity index is 1.09. The van der Waals surface area contributed by atoms with Crippen molar-refractivity contribution in [1.82, 2.24) is 30.4 Å². The average Bonchev–Trinajstić information content (AvgIpc) is 3.91. The first kappa shape index (κ1) is 45.1. The van der Waals surface area contributed by atoms with Crippen LogP contribution in [0.4, 0.5) is 9.93 Å². The quantitative estimate of drug-likeness (QED) is 0.127. The second-order valence-electron chi connectivity index (χ2n) is 19.2. The largest absolute Gasteiger partial charge is 0.491 e. The number of halogens is 1. The number of rotatable bonds is 16. The van der Waals surface area contributed by atoms with Gasteiger partial charge in [-0.25, -0.2) is 19.6 Å². The number of benzene rings is 1. The van der Waals surface area contributed by atoms with Gasteiger partial charge in [-0.1, -0.05) is 45.7 Å². The molecule has 0 radical (unpaired) electrons. The Morgan fingerprint density at radius 2 is 1.78 bits per heavy atom. The third-order valence-electron chi connectivity index (χ3n) is 13.1. The number of alkyl carbamates (subject to hydrolysis) is 1. The van der Waals surface area contributed by atoms with Gasteiger partial charge < -0.3 is 44.9 Å². The van der Waals surface area contributed by atoms with E-state index in [-0.39, 0.29) is 31.0 Å². The number of aliphatic carboxylic acids is 1. The lowest BCUT2D eigenvalue weighted by molar-refractivity contribution is -0.146. The van der Waals surface area contributed by atoms with Crippen LogP contribution in [0.3, 0.4) is 0 Å². The van der Waals surface area contributed by atoms with Crippen molar-refractivity contribution in [3.63, 3.8) is 0 Å². The standard InChI is InChI=1S/C45H60ClN7O9S/c1-7-27-21-45(27,41(56)57)51-39(54)33-19-29(22-53(33)40(55)38(44(4,5)6)50-43(58)62-28-17-25-16-26(25)18-28)61-35-20-31(32-23-63-42(49-32)47-24(2)3)48-37-30(35)8-9-34(36(37)46)60-15-12-52-10-13-59-14-11-52/h8-9,20,23-29,33,38H,7,10-19,21-22H2,1-6H3,(H,47,49)(H,50,58)(H,51,54)(H,56,57)/t25-,26+,27-,28?,29-,33+,38-,45-/m1/s1. The molecule has 0 bridgehead atoms. The summed E-state index contributed by atoms with van der Waals surface area (Å²) in [6, 6.07) is 3.38. The summed E-state index contributed by atoms with van der Waals surface area (Å²) in [5.41, 5.74) is -0.683. The van der Waals surface area contributed by atoms with Crippen molar-refractivity contribution < 1.29 is 43.2 Å². The van der Waals surface area contributed by atoms with Gasteiger partial charge in [0.25, 0.3) is 0 Å². The summed E-state index contributed by atoms with van der Waals surface area (Å²) in [5, 5.41) is 22.7. The number of amides is 3. The minimum Gasteiger partial charge on any atom is -0.491 e. The molecule has 4 heterocycles. The molecule has 0 spiro atoms. The molecule has 3 aliphatic carbocycles. The molecule has 16 nitrogen and oxygen atoms in total. The molecule has 2 saturated heterocycles. The van der Waals surface area contributed by atoms with Crippen molar-refractivity contribution in [3.05, 3.63) is 28.6 Å². The molecule has 8 rings (SSSR count). The van der Waals surface area contributed by atoms with Crippen LogP contribution >= 0.6 is 22.9 Å². The van der Waals surface area contributed by atoms with E-state index in [1.807, 2.05) is 53.0 Å². The van der Waals surface area contributed by atoms with E-state index >= 15 is 0 Å². The molecule has 8 atom stereocenters. The van der Waals surface area contributed by atoms with Gasteiger partial charge >= 0.3 is 12.1 Å². The topological polar surface area (TPSA) is 194 Å². The maximum atomic E-state index is 14.8. The van der Waals surface area contributed by atoms with Gasteiger partial charge in [0, 0.05) is 48.9 Å². The molecule has 1 aromatic carbocycles. The van der Waals surface area contributed by atoms with Crippen molar-refractivity contribution in [1.29, 1.82) is 0 Å². The van der Waals surface area contributed by atoms with Crippen LogP contribution in [0, 0.1) is 23.2 Å². The Labute approximate surface area is 377 Å². The van der Waals surface area contributed by atoms with Gasteiger partial charge in [-0.15, -0.1) is 11.3 Å². The lowest BCUT2D eigenvalue weighted by Crippen LogP contribution is -2.59. The first-order chi connectivity index (χ1) is 30.0. The molecule has 5 fully saturated rings. The van der Waals surface area contributed by atoms with E-state index in [1.54, 1.807) is 12.1 Å². The molecular weight excluding hydrogens is 850 g/mol. The molecule has 1 unspecified atom stereocenters. The predicted octanol–water partition coefficient (Wildman–Crippen LogP) is 6.20. The minimum absolute atomic E-state index is 0.0295. The smallest absolute Gasteiger partial charge is 0.408 e. The fraction of sp³-hybridized carbons (Fsp3) is 0.644. The fourth-order valence-corrected chi connectivity index (χ4v) is 10.5.